The molecule has 8 atom stereocenters. The molecule has 43 heavy (non-hydrogen) atoms. The van der Waals surface area contributed by atoms with Gasteiger partial charge in [0.2, 0.25) is 12.2 Å². The van der Waals surface area contributed by atoms with Crippen molar-refractivity contribution in [1.82, 2.24) is 44.5 Å². The minimum Gasteiger partial charge on any atom is -0.395 e. The van der Waals surface area contributed by atoms with E-state index in [1.165, 1.54) is 10.9 Å². The molecule has 18 nitrogen and oxygen atoms in total. The molecule has 2 aliphatic rings. The van der Waals surface area contributed by atoms with Gasteiger partial charge in [0.15, 0.2) is 34.2 Å². The fourth-order valence-corrected chi connectivity index (χ4v) is 7.57. The highest BCUT2D eigenvalue weighted by atomic mass is 32.5. The van der Waals surface area contributed by atoms with E-state index in [0.29, 0.717) is 4.68 Å². The SMILES string of the molecule is Nc1nc2c(ncn2[C@@H]2S[C@H](CO)[C@H](F)[C@H]2OP(O)(=S)OC[C@H]2O[C@@H](n3nnc4c(N)ncnc43)C(F)(F)[C@@H]2O)c(=O)[nH]1. The van der Waals surface area contributed by atoms with Gasteiger partial charge in [-0.25, -0.2) is 19.3 Å². The Morgan fingerprint density at radius 3 is 2.77 bits per heavy atom. The van der Waals surface area contributed by atoms with Crippen molar-refractivity contribution in [2.24, 2.45) is 0 Å². The molecule has 0 spiro atoms. The van der Waals surface area contributed by atoms with E-state index in [0.717, 1.165) is 18.1 Å². The average Bonchev–Trinajstić information content (AvgIpc) is 3.68. The van der Waals surface area contributed by atoms with E-state index < -0.39 is 72.7 Å². The van der Waals surface area contributed by atoms with E-state index in [4.69, 9.17) is 37.1 Å². The number of hydrogen-bond donors (Lipinski definition) is 6. The lowest BCUT2D eigenvalue weighted by atomic mass is 10.1. The molecule has 4 aromatic rings. The summed E-state index contributed by atoms with van der Waals surface area (Å²) in [6.45, 7) is -5.98. The molecule has 24 heteroatoms. The molecule has 1 unspecified atom stereocenters. The first kappa shape index (κ1) is 30.0. The molecular formula is C19H21F3N11O7PS2. The summed E-state index contributed by atoms with van der Waals surface area (Å²) in [5.74, 6) is -4.32. The van der Waals surface area contributed by atoms with Crippen LogP contribution in [-0.4, -0.2) is 108 Å². The molecule has 232 valence electrons. The lowest BCUT2D eigenvalue weighted by Crippen LogP contribution is -2.40. The number of thioether (sulfide) groups is 1. The van der Waals surface area contributed by atoms with Crippen LogP contribution in [0.3, 0.4) is 0 Å². The van der Waals surface area contributed by atoms with Crippen molar-refractivity contribution in [1.29, 1.82) is 0 Å². The summed E-state index contributed by atoms with van der Waals surface area (Å²) in [6, 6.07) is 0. The number of halogens is 3. The van der Waals surface area contributed by atoms with Crippen LogP contribution in [0.2, 0.25) is 0 Å². The molecule has 0 bridgehead atoms. The minimum atomic E-state index is -4.44. The zero-order valence-corrected chi connectivity index (χ0v) is 23.7. The summed E-state index contributed by atoms with van der Waals surface area (Å²) < 4.78 is 63.5. The Hall–Kier alpha value is -3.02. The molecule has 4 aromatic heterocycles. The molecule has 0 saturated carbocycles. The van der Waals surface area contributed by atoms with Crippen molar-refractivity contribution in [2.75, 3.05) is 24.7 Å². The van der Waals surface area contributed by atoms with E-state index in [2.05, 4.69) is 35.2 Å². The van der Waals surface area contributed by atoms with Gasteiger partial charge in [-0.1, -0.05) is 5.21 Å². The highest BCUT2D eigenvalue weighted by Crippen LogP contribution is 2.55. The molecule has 6 heterocycles. The fraction of sp³-hybridized carbons (Fsp3) is 0.526. The van der Waals surface area contributed by atoms with Gasteiger partial charge < -0.3 is 35.8 Å². The number of ether oxygens (including phenoxy) is 1. The number of nitrogens with zero attached hydrogens (tertiary/aromatic N) is 8. The van der Waals surface area contributed by atoms with Crippen LogP contribution < -0.4 is 17.0 Å². The van der Waals surface area contributed by atoms with Crippen LogP contribution in [0.25, 0.3) is 22.3 Å². The molecule has 0 aromatic carbocycles. The summed E-state index contributed by atoms with van der Waals surface area (Å²) in [6.07, 6.45) is -7.79. The number of hydrogen-bond acceptors (Lipinski definition) is 16. The predicted octanol–water partition coefficient (Wildman–Crippen LogP) is -1.02. The Balaban J connectivity index is 1.21. The second-order valence-electron chi connectivity index (χ2n) is 9.41. The van der Waals surface area contributed by atoms with Crippen LogP contribution >= 0.6 is 18.5 Å². The van der Waals surface area contributed by atoms with Crippen LogP contribution in [0.5, 0.6) is 0 Å². The number of anilines is 2. The van der Waals surface area contributed by atoms with Crippen molar-refractivity contribution < 1.29 is 42.1 Å². The lowest BCUT2D eigenvalue weighted by Gasteiger charge is -2.27. The van der Waals surface area contributed by atoms with Gasteiger partial charge in [-0.3, -0.25) is 18.9 Å². The maximum Gasteiger partial charge on any atom is 0.325 e. The zero-order valence-electron chi connectivity index (χ0n) is 21.2. The summed E-state index contributed by atoms with van der Waals surface area (Å²) in [5, 5.41) is 25.2. The Morgan fingerprint density at radius 2 is 2.02 bits per heavy atom. The first-order valence-electron chi connectivity index (χ1n) is 12.1. The zero-order chi connectivity index (χ0) is 30.8. The van der Waals surface area contributed by atoms with E-state index >= 15 is 13.2 Å². The van der Waals surface area contributed by atoms with Crippen LogP contribution in [0.1, 0.15) is 11.6 Å². The number of alkyl halides is 3. The first-order chi connectivity index (χ1) is 20.3. The summed E-state index contributed by atoms with van der Waals surface area (Å²) in [5.41, 5.74) is 10.2. The molecule has 6 rings (SSSR count). The molecule has 2 fully saturated rings. The van der Waals surface area contributed by atoms with E-state index in [1.807, 2.05) is 0 Å². The lowest BCUT2D eigenvalue weighted by molar-refractivity contribution is -0.142. The normalized spacial score (nSPS) is 30.3. The van der Waals surface area contributed by atoms with Crippen molar-refractivity contribution in [3.63, 3.8) is 0 Å². The average molecular weight is 668 g/mol. The maximum atomic E-state index is 15.4. The van der Waals surface area contributed by atoms with Crippen molar-refractivity contribution in [2.45, 2.75) is 47.3 Å². The van der Waals surface area contributed by atoms with E-state index in [1.54, 1.807) is 0 Å². The number of rotatable bonds is 8. The largest absolute Gasteiger partial charge is 0.395 e. The number of fused-ring (bicyclic) bond motifs is 2. The van der Waals surface area contributed by atoms with Crippen LogP contribution in [0.15, 0.2) is 17.4 Å². The third kappa shape index (κ3) is 5.13. The molecule has 2 saturated heterocycles. The van der Waals surface area contributed by atoms with E-state index in [-0.39, 0.29) is 34.1 Å². The number of nitrogens with one attached hydrogen (secondary N) is 1. The molecule has 0 amide bonds. The Kier molecular flexibility index (Phi) is 7.58. The standard InChI is InChI=1S/C19H21F3N11O7PS2/c20-7-6(1-34)43-16(32-4-27-9-14(32)28-18(24)29-15(9)36)10(7)40-41(37,42)38-2-5-11(35)19(21,22)17(39-5)33-13-8(30-31-33)12(23)25-3-26-13/h3-7,10-11,16-17,34-35H,1-2H2,(H,37,42)(H2,23,25,26)(H3,24,28,29,36)/t5-,6-,7+,10-,11-,16-,17-,41?/m1/s1. The number of imidazole rings is 1. The van der Waals surface area contributed by atoms with Gasteiger partial charge in [0.25, 0.3) is 5.56 Å². The van der Waals surface area contributed by atoms with Gasteiger partial charge in [0.05, 0.1) is 24.8 Å². The van der Waals surface area contributed by atoms with Crippen molar-refractivity contribution in [3.8, 4) is 0 Å². The quantitative estimate of drug-likeness (QED) is 0.123. The highest BCUT2D eigenvalue weighted by molar-refractivity contribution is 8.07. The second kappa shape index (κ2) is 10.9. The minimum absolute atomic E-state index is 0.0336. The van der Waals surface area contributed by atoms with Crippen LogP contribution in [0, 0.1) is 0 Å². The third-order valence-corrected chi connectivity index (χ3v) is 9.81. The van der Waals surface area contributed by atoms with E-state index in [9.17, 15) is 19.9 Å². The van der Waals surface area contributed by atoms with Crippen molar-refractivity contribution >= 4 is 64.4 Å². The number of nitrogen functional groups attached to an aromatic ring is 2. The summed E-state index contributed by atoms with van der Waals surface area (Å²) in [4.78, 5) is 40.8. The number of aromatic amines is 1. The van der Waals surface area contributed by atoms with Gasteiger partial charge in [0, 0.05) is 0 Å². The predicted molar refractivity (Wildman–Crippen MR) is 145 cm³/mol. The Morgan fingerprint density at radius 1 is 1.26 bits per heavy atom. The van der Waals surface area contributed by atoms with Gasteiger partial charge in [-0.05, 0) is 11.8 Å². The molecule has 8 N–H and O–H groups in total. The fourth-order valence-electron chi connectivity index (χ4n) is 4.67. The molecular weight excluding hydrogens is 646 g/mol. The number of aromatic nitrogens is 9. The van der Waals surface area contributed by atoms with Crippen molar-refractivity contribution in [3.05, 3.63) is 23.0 Å². The number of H-pyrrole nitrogens is 1. The number of aliphatic hydroxyl groups excluding tert-OH is 2. The topological polar surface area (TPSA) is 260 Å². The Bertz CT molecular complexity index is 1800. The third-order valence-electron chi connectivity index (χ3n) is 6.72. The monoisotopic (exact) mass is 667 g/mol. The van der Waals surface area contributed by atoms with Gasteiger partial charge in [-0.15, -0.1) is 16.9 Å². The van der Waals surface area contributed by atoms with Gasteiger partial charge in [-0.2, -0.15) is 18.4 Å². The summed E-state index contributed by atoms with van der Waals surface area (Å²) >= 11 is 5.91. The molecule has 0 radical (unpaired) electrons. The Labute approximate surface area is 245 Å². The van der Waals surface area contributed by atoms with Crippen LogP contribution in [0.4, 0.5) is 24.9 Å². The maximum absolute atomic E-state index is 15.4. The van der Waals surface area contributed by atoms with Gasteiger partial charge >= 0.3 is 12.6 Å². The van der Waals surface area contributed by atoms with Crippen LogP contribution in [-0.2, 0) is 25.6 Å². The number of aliphatic hydroxyl groups is 2. The molecule has 0 aliphatic carbocycles. The first-order valence-corrected chi connectivity index (χ1v) is 15.7. The smallest absolute Gasteiger partial charge is 0.325 e. The second-order valence-corrected chi connectivity index (χ2v) is 13.6. The summed E-state index contributed by atoms with van der Waals surface area (Å²) in [7, 11) is 0. The van der Waals surface area contributed by atoms with Gasteiger partial charge in [0.1, 0.15) is 30.1 Å². The number of nitrogens with two attached hydrogens (primary N) is 2. The molecule has 2 aliphatic heterocycles. The highest BCUT2D eigenvalue weighted by Gasteiger charge is 2.61.